The molecule has 1 unspecified atom stereocenters. The molecule has 0 aliphatic rings. The van der Waals surface area contributed by atoms with Crippen LogP contribution in [-0.2, 0) is 4.79 Å². The summed E-state index contributed by atoms with van der Waals surface area (Å²) in [6.45, 7) is 8.07. The summed E-state index contributed by atoms with van der Waals surface area (Å²) in [5.41, 5.74) is -0.119. The third-order valence-corrected chi connectivity index (χ3v) is 2.34. The second-order valence-electron chi connectivity index (χ2n) is 4.46. The van der Waals surface area contributed by atoms with Crippen molar-refractivity contribution in [2.45, 2.75) is 46.1 Å². The zero-order valence-corrected chi connectivity index (χ0v) is 9.95. The molecule has 0 aliphatic heterocycles. The molecule has 2 nitrogen and oxygen atoms in total. The van der Waals surface area contributed by atoms with Crippen LogP contribution in [0.3, 0.4) is 0 Å². The fourth-order valence-electron chi connectivity index (χ4n) is 1.07. The predicted octanol–water partition coefficient (Wildman–Crippen LogP) is 2.25. The molecule has 78 valence electrons. The average Bonchev–Trinajstić information content (AvgIpc) is 1.96. The monoisotopic (exact) mass is 203 g/mol. The van der Waals surface area contributed by atoms with E-state index in [-0.39, 0.29) is 11.4 Å². The average molecular weight is 203 g/mol. The number of carbonyl (C=O) groups is 1. The van der Waals surface area contributed by atoms with Gasteiger partial charge in [-0.2, -0.15) is 12.6 Å². The van der Waals surface area contributed by atoms with Crippen LogP contribution in [0.1, 0.15) is 40.5 Å². The van der Waals surface area contributed by atoms with E-state index >= 15 is 0 Å². The summed E-state index contributed by atoms with van der Waals surface area (Å²) in [5, 5.41) is 2.95. The second kappa shape index (κ2) is 5.53. The Morgan fingerprint density at radius 3 is 2.31 bits per heavy atom. The van der Waals surface area contributed by atoms with Gasteiger partial charge >= 0.3 is 0 Å². The first kappa shape index (κ1) is 12.8. The van der Waals surface area contributed by atoms with Crippen molar-refractivity contribution >= 4 is 18.5 Å². The number of nitrogens with one attached hydrogen (secondary N) is 1. The van der Waals surface area contributed by atoms with E-state index in [9.17, 15) is 4.79 Å². The Labute approximate surface area is 86.9 Å². The van der Waals surface area contributed by atoms with Crippen molar-refractivity contribution in [1.29, 1.82) is 0 Å². The third-order valence-electron chi connectivity index (χ3n) is 1.82. The number of hydrogen-bond donors (Lipinski definition) is 2. The number of carbonyl (C=O) groups excluding carboxylic acids is 1. The number of thiol groups is 1. The Hall–Kier alpha value is -0.180. The molecular weight excluding hydrogens is 182 g/mol. The molecule has 0 aromatic heterocycles. The Balaban J connectivity index is 3.86. The van der Waals surface area contributed by atoms with Crippen LogP contribution in [0.2, 0.25) is 0 Å². The fraction of sp³-hybridized carbons (Fsp3) is 0.900. The van der Waals surface area contributed by atoms with Gasteiger partial charge < -0.3 is 5.32 Å². The van der Waals surface area contributed by atoms with E-state index in [1.54, 1.807) is 0 Å². The zero-order chi connectivity index (χ0) is 10.5. The van der Waals surface area contributed by atoms with Gasteiger partial charge in [-0.3, -0.25) is 4.79 Å². The van der Waals surface area contributed by atoms with Crippen LogP contribution in [0.25, 0.3) is 0 Å². The van der Waals surface area contributed by atoms with Crippen LogP contribution in [-0.4, -0.2) is 17.2 Å². The van der Waals surface area contributed by atoms with Gasteiger partial charge in [0.15, 0.2) is 0 Å². The largest absolute Gasteiger partial charge is 0.352 e. The fourth-order valence-corrected chi connectivity index (χ4v) is 1.46. The van der Waals surface area contributed by atoms with Crippen LogP contribution in [0.15, 0.2) is 0 Å². The van der Waals surface area contributed by atoms with Crippen molar-refractivity contribution < 1.29 is 4.79 Å². The molecule has 0 heterocycles. The molecule has 13 heavy (non-hydrogen) atoms. The molecule has 3 heteroatoms. The summed E-state index contributed by atoms with van der Waals surface area (Å²) in [5.74, 6) is 1.33. The molecule has 0 bridgehead atoms. The molecule has 0 saturated heterocycles. The summed E-state index contributed by atoms with van der Waals surface area (Å²) in [7, 11) is 0. The van der Waals surface area contributed by atoms with Crippen LogP contribution in [0.5, 0.6) is 0 Å². The first-order valence-electron chi connectivity index (χ1n) is 4.81. The standard InChI is InChI=1S/C10H21NOS/c1-5-8(7-13)6-9(12)11-10(2,3)4/h8,13H,5-7H2,1-4H3,(H,11,12). The maximum atomic E-state index is 11.4. The van der Waals surface area contributed by atoms with Crippen molar-refractivity contribution in [3.05, 3.63) is 0 Å². The lowest BCUT2D eigenvalue weighted by Gasteiger charge is -2.22. The summed E-state index contributed by atoms with van der Waals surface area (Å²) < 4.78 is 0. The first-order chi connectivity index (χ1) is 5.89. The van der Waals surface area contributed by atoms with E-state index in [1.165, 1.54) is 0 Å². The highest BCUT2D eigenvalue weighted by atomic mass is 32.1. The summed E-state index contributed by atoms with van der Waals surface area (Å²) in [6.07, 6.45) is 1.61. The highest BCUT2D eigenvalue weighted by molar-refractivity contribution is 7.80. The minimum atomic E-state index is -0.119. The first-order valence-corrected chi connectivity index (χ1v) is 5.44. The minimum absolute atomic E-state index is 0.119. The van der Waals surface area contributed by atoms with Gasteiger partial charge in [0.1, 0.15) is 0 Å². The third kappa shape index (κ3) is 6.94. The smallest absolute Gasteiger partial charge is 0.220 e. The van der Waals surface area contributed by atoms with Crippen molar-refractivity contribution in [1.82, 2.24) is 5.32 Å². The zero-order valence-electron chi connectivity index (χ0n) is 9.05. The maximum absolute atomic E-state index is 11.4. The Morgan fingerprint density at radius 1 is 1.46 bits per heavy atom. The predicted molar refractivity (Wildman–Crippen MR) is 60.1 cm³/mol. The molecule has 0 saturated carbocycles. The lowest BCUT2D eigenvalue weighted by molar-refractivity contribution is -0.123. The molecule has 0 spiro atoms. The molecule has 1 atom stereocenters. The van der Waals surface area contributed by atoms with E-state index in [0.717, 1.165) is 12.2 Å². The summed E-state index contributed by atoms with van der Waals surface area (Å²) in [6, 6.07) is 0. The quantitative estimate of drug-likeness (QED) is 0.674. The van der Waals surface area contributed by atoms with Gasteiger partial charge in [-0.25, -0.2) is 0 Å². The van der Waals surface area contributed by atoms with Gasteiger partial charge in [0.25, 0.3) is 0 Å². The maximum Gasteiger partial charge on any atom is 0.220 e. The topological polar surface area (TPSA) is 29.1 Å². The van der Waals surface area contributed by atoms with E-state index in [4.69, 9.17) is 0 Å². The Morgan fingerprint density at radius 2 is 2.00 bits per heavy atom. The van der Waals surface area contributed by atoms with Gasteiger partial charge in [-0.1, -0.05) is 13.3 Å². The summed E-state index contributed by atoms with van der Waals surface area (Å²) >= 11 is 4.20. The lowest BCUT2D eigenvalue weighted by Crippen LogP contribution is -2.41. The molecular formula is C10H21NOS. The van der Waals surface area contributed by atoms with Gasteiger partial charge in [0.2, 0.25) is 5.91 Å². The molecule has 0 aromatic rings. The molecule has 0 aliphatic carbocycles. The van der Waals surface area contributed by atoms with Gasteiger partial charge in [-0.05, 0) is 32.4 Å². The van der Waals surface area contributed by atoms with E-state index in [2.05, 4.69) is 24.9 Å². The van der Waals surface area contributed by atoms with Crippen LogP contribution in [0, 0.1) is 5.92 Å². The minimum Gasteiger partial charge on any atom is -0.352 e. The molecule has 0 fully saturated rings. The number of rotatable bonds is 4. The van der Waals surface area contributed by atoms with Gasteiger partial charge in [0.05, 0.1) is 0 Å². The van der Waals surface area contributed by atoms with E-state index < -0.39 is 0 Å². The van der Waals surface area contributed by atoms with E-state index in [1.807, 2.05) is 20.8 Å². The lowest BCUT2D eigenvalue weighted by atomic mass is 10.0. The number of hydrogen-bond acceptors (Lipinski definition) is 2. The molecule has 0 radical (unpaired) electrons. The molecule has 0 rings (SSSR count). The number of amides is 1. The van der Waals surface area contributed by atoms with Crippen LogP contribution in [0.4, 0.5) is 0 Å². The SMILES string of the molecule is CCC(CS)CC(=O)NC(C)(C)C. The van der Waals surface area contributed by atoms with Gasteiger partial charge in [0, 0.05) is 12.0 Å². The Kier molecular flexibility index (Phi) is 5.45. The van der Waals surface area contributed by atoms with Crippen LogP contribution < -0.4 is 5.32 Å². The van der Waals surface area contributed by atoms with Crippen molar-refractivity contribution in [3.8, 4) is 0 Å². The Bertz CT molecular complexity index is 159. The van der Waals surface area contributed by atoms with Crippen molar-refractivity contribution in [2.75, 3.05) is 5.75 Å². The highest BCUT2D eigenvalue weighted by Crippen LogP contribution is 2.10. The highest BCUT2D eigenvalue weighted by Gasteiger charge is 2.16. The summed E-state index contributed by atoms with van der Waals surface area (Å²) in [4.78, 5) is 11.4. The van der Waals surface area contributed by atoms with Crippen LogP contribution >= 0.6 is 12.6 Å². The van der Waals surface area contributed by atoms with E-state index in [0.29, 0.717) is 12.3 Å². The molecule has 1 amide bonds. The second-order valence-corrected chi connectivity index (χ2v) is 4.82. The normalized spacial score (nSPS) is 13.9. The van der Waals surface area contributed by atoms with Crippen molar-refractivity contribution in [3.63, 3.8) is 0 Å². The van der Waals surface area contributed by atoms with Crippen molar-refractivity contribution in [2.24, 2.45) is 5.92 Å². The molecule has 1 N–H and O–H groups in total. The van der Waals surface area contributed by atoms with Gasteiger partial charge in [-0.15, -0.1) is 0 Å². The molecule has 0 aromatic carbocycles.